The van der Waals surface area contributed by atoms with Crippen molar-refractivity contribution in [3.63, 3.8) is 0 Å². The summed E-state index contributed by atoms with van der Waals surface area (Å²) in [5.74, 6) is 0.891. The largest absolute Gasteiger partial charge is 0.469 e. The number of nitrogens with zero attached hydrogens (tertiary/aromatic N) is 3. The van der Waals surface area contributed by atoms with Crippen LogP contribution in [-0.2, 0) is 16.0 Å². The molecule has 126 valence electrons. The minimum absolute atomic E-state index is 0.0824. The fourth-order valence-corrected chi connectivity index (χ4v) is 3.02. The van der Waals surface area contributed by atoms with E-state index in [2.05, 4.69) is 34.0 Å². The molecule has 0 spiro atoms. The standard InChI is InChI=1S/C17H26N4O2/c1-12-9-19-7-5-14(12)6-8-20-17(18-3)21-10-13(2)15(11-21)16(22)23-4/h5,7,9,13,15H,6,8,10-11H2,1-4H3,(H,18,20). The molecule has 23 heavy (non-hydrogen) atoms. The van der Waals surface area contributed by atoms with Crippen LogP contribution in [0.5, 0.6) is 0 Å². The van der Waals surface area contributed by atoms with Gasteiger partial charge < -0.3 is 15.0 Å². The fraction of sp³-hybridized carbons (Fsp3) is 0.588. The highest BCUT2D eigenvalue weighted by Crippen LogP contribution is 2.24. The molecule has 1 fully saturated rings. The van der Waals surface area contributed by atoms with Crippen LogP contribution in [0.15, 0.2) is 23.5 Å². The Morgan fingerprint density at radius 3 is 2.96 bits per heavy atom. The summed E-state index contributed by atoms with van der Waals surface area (Å²) >= 11 is 0. The summed E-state index contributed by atoms with van der Waals surface area (Å²) in [5, 5.41) is 3.39. The maximum Gasteiger partial charge on any atom is 0.310 e. The average molecular weight is 318 g/mol. The van der Waals surface area contributed by atoms with Crippen molar-refractivity contribution >= 4 is 11.9 Å². The van der Waals surface area contributed by atoms with Gasteiger partial charge in [-0.2, -0.15) is 0 Å². The molecule has 1 aromatic rings. The second-order valence-corrected chi connectivity index (χ2v) is 6.04. The molecule has 0 amide bonds. The molecule has 6 heteroatoms. The van der Waals surface area contributed by atoms with Crippen molar-refractivity contribution in [3.05, 3.63) is 29.6 Å². The number of esters is 1. The number of aryl methyl sites for hydroxylation is 1. The minimum Gasteiger partial charge on any atom is -0.469 e. The Bertz CT molecular complexity index is 573. The van der Waals surface area contributed by atoms with Crippen molar-refractivity contribution in [2.24, 2.45) is 16.8 Å². The molecule has 1 saturated heterocycles. The van der Waals surface area contributed by atoms with Crippen LogP contribution in [0.4, 0.5) is 0 Å². The van der Waals surface area contributed by atoms with Gasteiger partial charge in [0.05, 0.1) is 13.0 Å². The highest BCUT2D eigenvalue weighted by atomic mass is 16.5. The van der Waals surface area contributed by atoms with Crippen LogP contribution in [0, 0.1) is 18.8 Å². The molecule has 2 heterocycles. The van der Waals surface area contributed by atoms with E-state index in [-0.39, 0.29) is 17.8 Å². The number of carbonyl (C=O) groups is 1. The Morgan fingerprint density at radius 2 is 2.30 bits per heavy atom. The van der Waals surface area contributed by atoms with Gasteiger partial charge >= 0.3 is 5.97 Å². The number of guanidine groups is 1. The van der Waals surface area contributed by atoms with Gasteiger partial charge in [0.1, 0.15) is 0 Å². The third-order valence-corrected chi connectivity index (χ3v) is 4.44. The molecule has 1 N–H and O–H groups in total. The molecular formula is C17H26N4O2. The number of rotatable bonds is 4. The molecular weight excluding hydrogens is 292 g/mol. The summed E-state index contributed by atoms with van der Waals surface area (Å²) in [7, 11) is 3.22. The number of hydrogen-bond acceptors (Lipinski definition) is 4. The SMILES string of the molecule is CN=C(NCCc1ccncc1C)N1CC(C)C(C(=O)OC)C1. The first-order valence-corrected chi connectivity index (χ1v) is 7.99. The molecule has 6 nitrogen and oxygen atoms in total. The summed E-state index contributed by atoms with van der Waals surface area (Å²) in [4.78, 5) is 22.4. The summed E-state index contributed by atoms with van der Waals surface area (Å²) in [5.41, 5.74) is 2.48. The van der Waals surface area contributed by atoms with Crippen LogP contribution in [0.1, 0.15) is 18.1 Å². The number of hydrogen-bond donors (Lipinski definition) is 1. The topological polar surface area (TPSA) is 66.8 Å². The van der Waals surface area contributed by atoms with Crippen LogP contribution in [0.2, 0.25) is 0 Å². The van der Waals surface area contributed by atoms with E-state index in [1.54, 1.807) is 7.05 Å². The molecule has 1 aliphatic heterocycles. The highest BCUT2D eigenvalue weighted by molar-refractivity contribution is 5.82. The number of pyridine rings is 1. The molecule has 1 aliphatic rings. The number of aliphatic imine (C=N–C) groups is 1. The van der Waals surface area contributed by atoms with Crippen molar-refractivity contribution in [1.82, 2.24) is 15.2 Å². The van der Waals surface area contributed by atoms with Crippen LogP contribution in [-0.4, -0.2) is 55.6 Å². The van der Waals surface area contributed by atoms with Gasteiger partial charge in [0.15, 0.2) is 5.96 Å². The third-order valence-electron chi connectivity index (χ3n) is 4.44. The molecule has 0 aliphatic carbocycles. The van der Waals surface area contributed by atoms with E-state index < -0.39 is 0 Å². The van der Waals surface area contributed by atoms with Crippen LogP contribution < -0.4 is 5.32 Å². The monoisotopic (exact) mass is 318 g/mol. The van der Waals surface area contributed by atoms with Gasteiger partial charge in [0, 0.05) is 39.1 Å². The summed E-state index contributed by atoms with van der Waals surface area (Å²) in [6.45, 7) is 6.41. The van der Waals surface area contributed by atoms with Gasteiger partial charge in [-0.1, -0.05) is 6.92 Å². The molecule has 0 radical (unpaired) electrons. The van der Waals surface area contributed by atoms with Crippen LogP contribution in [0.25, 0.3) is 0 Å². The zero-order chi connectivity index (χ0) is 16.8. The van der Waals surface area contributed by atoms with E-state index >= 15 is 0 Å². The van der Waals surface area contributed by atoms with E-state index in [1.165, 1.54) is 18.2 Å². The van der Waals surface area contributed by atoms with E-state index in [0.717, 1.165) is 25.5 Å². The Labute approximate surface area is 138 Å². The lowest BCUT2D eigenvalue weighted by molar-refractivity contribution is -0.145. The van der Waals surface area contributed by atoms with Gasteiger partial charge in [0.2, 0.25) is 0 Å². The maximum absolute atomic E-state index is 11.8. The Kier molecular flexibility index (Phi) is 5.96. The van der Waals surface area contributed by atoms with Crippen molar-refractivity contribution in [3.8, 4) is 0 Å². The summed E-state index contributed by atoms with van der Waals surface area (Å²) in [6.07, 6.45) is 4.62. The third kappa shape index (κ3) is 4.21. The Balaban J connectivity index is 1.89. The van der Waals surface area contributed by atoms with Crippen molar-refractivity contribution in [2.45, 2.75) is 20.3 Å². The fourth-order valence-electron chi connectivity index (χ4n) is 3.02. The number of likely N-dealkylation sites (tertiary alicyclic amines) is 1. The molecule has 0 aromatic carbocycles. The zero-order valence-corrected chi connectivity index (χ0v) is 14.4. The summed E-state index contributed by atoms with van der Waals surface area (Å²) in [6, 6.07) is 2.05. The lowest BCUT2D eigenvalue weighted by Crippen LogP contribution is -2.41. The van der Waals surface area contributed by atoms with E-state index in [0.29, 0.717) is 6.54 Å². The molecule has 0 saturated carbocycles. The molecule has 0 bridgehead atoms. The normalized spacial score (nSPS) is 21.4. The van der Waals surface area contributed by atoms with Crippen molar-refractivity contribution < 1.29 is 9.53 Å². The average Bonchev–Trinajstić information content (AvgIpc) is 2.94. The van der Waals surface area contributed by atoms with Gasteiger partial charge in [-0.05, 0) is 36.5 Å². The quantitative estimate of drug-likeness (QED) is 0.514. The van der Waals surface area contributed by atoms with E-state index in [4.69, 9.17) is 4.74 Å². The number of nitrogens with one attached hydrogen (secondary N) is 1. The number of methoxy groups -OCH3 is 1. The smallest absolute Gasteiger partial charge is 0.310 e. The molecule has 2 rings (SSSR count). The molecule has 1 aromatic heterocycles. The second-order valence-electron chi connectivity index (χ2n) is 6.04. The van der Waals surface area contributed by atoms with Crippen molar-refractivity contribution in [2.75, 3.05) is 33.8 Å². The molecule has 2 unspecified atom stereocenters. The van der Waals surface area contributed by atoms with Gasteiger partial charge in [-0.25, -0.2) is 0 Å². The van der Waals surface area contributed by atoms with E-state index in [1.807, 2.05) is 18.5 Å². The van der Waals surface area contributed by atoms with Crippen LogP contribution >= 0.6 is 0 Å². The second kappa shape index (κ2) is 7.94. The maximum atomic E-state index is 11.8. The van der Waals surface area contributed by atoms with Gasteiger partial charge in [0.25, 0.3) is 0 Å². The number of carbonyl (C=O) groups excluding carboxylic acids is 1. The number of ether oxygens (including phenoxy) is 1. The predicted molar refractivity (Wildman–Crippen MR) is 90.3 cm³/mol. The summed E-state index contributed by atoms with van der Waals surface area (Å²) < 4.78 is 4.89. The minimum atomic E-state index is -0.136. The first-order valence-electron chi connectivity index (χ1n) is 7.99. The van der Waals surface area contributed by atoms with E-state index in [9.17, 15) is 4.79 Å². The van der Waals surface area contributed by atoms with Crippen LogP contribution in [0.3, 0.4) is 0 Å². The first kappa shape index (κ1) is 17.2. The van der Waals surface area contributed by atoms with Gasteiger partial charge in [-0.3, -0.25) is 14.8 Å². The molecule has 2 atom stereocenters. The first-order chi connectivity index (χ1) is 11.1. The lowest BCUT2D eigenvalue weighted by atomic mass is 9.99. The van der Waals surface area contributed by atoms with Crippen molar-refractivity contribution in [1.29, 1.82) is 0 Å². The van der Waals surface area contributed by atoms with Gasteiger partial charge in [-0.15, -0.1) is 0 Å². The zero-order valence-electron chi connectivity index (χ0n) is 14.4. The Morgan fingerprint density at radius 1 is 1.52 bits per heavy atom. The lowest BCUT2D eigenvalue weighted by Gasteiger charge is -2.21. The highest BCUT2D eigenvalue weighted by Gasteiger charge is 2.36. The Hall–Kier alpha value is -2.11. The number of aromatic nitrogens is 1. The predicted octanol–water partition coefficient (Wildman–Crippen LogP) is 1.25.